The lowest BCUT2D eigenvalue weighted by atomic mass is 10.2. The van der Waals surface area contributed by atoms with Crippen molar-refractivity contribution in [3.05, 3.63) is 42.0 Å². The molecule has 148 valence electrons. The molecule has 28 heavy (non-hydrogen) atoms. The first kappa shape index (κ1) is 18.3. The standard InChI is InChI=1S/C17H16F4N6O/c1-28-13-10-11(18)2-3-12(13)25-6-8-26(9-7-25)15-5-4-14-22-23-16(17(19,20)21)27(14)24-15/h2-5,10H,6-9H2,1H3. The first-order chi connectivity index (χ1) is 13.4. The van der Waals surface area contributed by atoms with E-state index in [1.807, 2.05) is 9.80 Å². The normalized spacial score (nSPS) is 15.3. The molecule has 0 bridgehead atoms. The van der Waals surface area contributed by atoms with Gasteiger partial charge >= 0.3 is 6.18 Å². The molecule has 0 atom stereocenters. The van der Waals surface area contributed by atoms with Crippen molar-refractivity contribution in [2.45, 2.75) is 6.18 Å². The Hall–Kier alpha value is -3.11. The van der Waals surface area contributed by atoms with Crippen LogP contribution >= 0.6 is 0 Å². The number of benzene rings is 1. The van der Waals surface area contributed by atoms with Gasteiger partial charge in [0.15, 0.2) is 5.65 Å². The number of hydrogen-bond donors (Lipinski definition) is 0. The summed E-state index contributed by atoms with van der Waals surface area (Å²) >= 11 is 0. The maximum absolute atomic E-state index is 13.4. The van der Waals surface area contributed by atoms with Gasteiger partial charge in [0.05, 0.1) is 12.8 Å². The molecule has 0 radical (unpaired) electrons. The fourth-order valence-electron chi connectivity index (χ4n) is 3.21. The lowest BCUT2D eigenvalue weighted by Crippen LogP contribution is -2.47. The van der Waals surface area contributed by atoms with Gasteiger partial charge in [-0.05, 0) is 24.3 Å². The fourth-order valence-corrected chi connectivity index (χ4v) is 3.21. The van der Waals surface area contributed by atoms with E-state index < -0.39 is 12.0 Å². The molecule has 1 aliphatic rings. The number of rotatable bonds is 3. The molecule has 1 saturated heterocycles. The molecule has 1 aliphatic heterocycles. The summed E-state index contributed by atoms with van der Waals surface area (Å²) in [5, 5.41) is 10.8. The predicted molar refractivity (Wildman–Crippen MR) is 93.2 cm³/mol. The van der Waals surface area contributed by atoms with Crippen molar-refractivity contribution in [1.29, 1.82) is 0 Å². The summed E-state index contributed by atoms with van der Waals surface area (Å²) in [6.45, 7) is 2.22. The number of halogens is 4. The molecule has 2 aromatic heterocycles. The minimum atomic E-state index is -4.64. The molecule has 0 amide bonds. The molecule has 1 aromatic carbocycles. The SMILES string of the molecule is COc1cc(F)ccc1N1CCN(c2ccc3nnc(C(F)(F)F)n3n2)CC1. The molecule has 0 spiro atoms. The van der Waals surface area contributed by atoms with Crippen molar-refractivity contribution in [2.75, 3.05) is 43.1 Å². The van der Waals surface area contributed by atoms with Crippen molar-refractivity contribution in [3.8, 4) is 5.75 Å². The second kappa shape index (κ2) is 6.80. The third kappa shape index (κ3) is 3.27. The van der Waals surface area contributed by atoms with Gasteiger partial charge in [-0.2, -0.15) is 17.7 Å². The zero-order valence-electron chi connectivity index (χ0n) is 14.8. The Morgan fingerprint density at radius 2 is 1.68 bits per heavy atom. The highest BCUT2D eigenvalue weighted by molar-refractivity contribution is 5.60. The molecule has 0 unspecified atom stereocenters. The highest BCUT2D eigenvalue weighted by Crippen LogP contribution is 2.31. The van der Waals surface area contributed by atoms with Crippen molar-refractivity contribution in [3.63, 3.8) is 0 Å². The highest BCUT2D eigenvalue weighted by Gasteiger charge is 2.37. The van der Waals surface area contributed by atoms with E-state index in [9.17, 15) is 17.6 Å². The van der Waals surface area contributed by atoms with E-state index in [-0.39, 0.29) is 11.5 Å². The average molecular weight is 396 g/mol. The van der Waals surface area contributed by atoms with Gasteiger partial charge < -0.3 is 14.5 Å². The third-order valence-corrected chi connectivity index (χ3v) is 4.59. The Balaban J connectivity index is 1.54. The van der Waals surface area contributed by atoms with Gasteiger partial charge in [-0.1, -0.05) is 0 Å². The number of piperazine rings is 1. The number of aromatic nitrogens is 4. The molecule has 4 rings (SSSR count). The summed E-state index contributed by atoms with van der Waals surface area (Å²) < 4.78 is 58.5. The first-order valence-corrected chi connectivity index (χ1v) is 8.50. The van der Waals surface area contributed by atoms with E-state index >= 15 is 0 Å². The second-order valence-electron chi connectivity index (χ2n) is 6.27. The summed E-state index contributed by atoms with van der Waals surface area (Å²) in [5.41, 5.74) is 0.802. The lowest BCUT2D eigenvalue weighted by Gasteiger charge is -2.37. The molecule has 0 saturated carbocycles. The molecular formula is C17H16F4N6O. The Kier molecular flexibility index (Phi) is 4.44. The quantitative estimate of drug-likeness (QED) is 0.635. The number of hydrogen-bond acceptors (Lipinski definition) is 6. The van der Waals surface area contributed by atoms with Crippen LogP contribution in [-0.4, -0.2) is 53.1 Å². The number of ether oxygens (including phenoxy) is 1. The van der Waals surface area contributed by atoms with Crippen LogP contribution in [0.5, 0.6) is 5.75 Å². The molecular weight excluding hydrogens is 380 g/mol. The van der Waals surface area contributed by atoms with Gasteiger partial charge in [0.2, 0.25) is 0 Å². The van der Waals surface area contributed by atoms with Gasteiger partial charge in [0.1, 0.15) is 17.4 Å². The zero-order chi connectivity index (χ0) is 19.9. The molecule has 3 aromatic rings. The average Bonchev–Trinajstić information content (AvgIpc) is 3.11. The van der Waals surface area contributed by atoms with Crippen LogP contribution in [0.1, 0.15) is 5.82 Å². The molecule has 11 heteroatoms. The van der Waals surface area contributed by atoms with Gasteiger partial charge in [-0.3, -0.25) is 0 Å². The second-order valence-corrected chi connectivity index (χ2v) is 6.27. The van der Waals surface area contributed by atoms with Gasteiger partial charge in [0.25, 0.3) is 5.82 Å². The topological polar surface area (TPSA) is 58.8 Å². The summed E-state index contributed by atoms with van der Waals surface area (Å²) in [4.78, 5) is 3.92. The van der Waals surface area contributed by atoms with E-state index in [0.717, 1.165) is 5.69 Å². The van der Waals surface area contributed by atoms with Crippen LogP contribution < -0.4 is 14.5 Å². The van der Waals surface area contributed by atoms with Crippen molar-refractivity contribution in [2.24, 2.45) is 0 Å². The van der Waals surface area contributed by atoms with Gasteiger partial charge in [-0.25, -0.2) is 4.39 Å². The summed E-state index contributed by atoms with van der Waals surface area (Å²) in [7, 11) is 1.48. The van der Waals surface area contributed by atoms with E-state index in [2.05, 4.69) is 15.3 Å². The number of nitrogens with zero attached hydrogens (tertiary/aromatic N) is 6. The Bertz CT molecular complexity index is 997. The summed E-state index contributed by atoms with van der Waals surface area (Å²) in [5.74, 6) is -0.694. The maximum Gasteiger partial charge on any atom is 0.453 e. The van der Waals surface area contributed by atoms with Crippen LogP contribution in [0.25, 0.3) is 5.65 Å². The van der Waals surface area contributed by atoms with E-state index in [0.29, 0.717) is 42.3 Å². The maximum atomic E-state index is 13.4. The van der Waals surface area contributed by atoms with Crippen LogP contribution in [0.4, 0.5) is 29.1 Å². The molecule has 3 heterocycles. The molecule has 7 nitrogen and oxygen atoms in total. The Labute approximate surface area is 157 Å². The van der Waals surface area contributed by atoms with Crippen molar-refractivity contribution in [1.82, 2.24) is 19.8 Å². The molecule has 0 aliphatic carbocycles. The third-order valence-electron chi connectivity index (χ3n) is 4.59. The monoisotopic (exact) mass is 396 g/mol. The van der Waals surface area contributed by atoms with Crippen molar-refractivity contribution < 1.29 is 22.3 Å². The lowest BCUT2D eigenvalue weighted by molar-refractivity contribution is -0.146. The van der Waals surface area contributed by atoms with Crippen LogP contribution in [-0.2, 0) is 6.18 Å². The fraction of sp³-hybridized carbons (Fsp3) is 0.353. The molecule has 1 fully saturated rings. The molecule has 0 N–H and O–H groups in total. The minimum absolute atomic E-state index is 0.0331. The van der Waals surface area contributed by atoms with Crippen LogP contribution in [0, 0.1) is 5.82 Å². The largest absolute Gasteiger partial charge is 0.494 e. The summed E-state index contributed by atoms with van der Waals surface area (Å²) in [6, 6.07) is 7.42. The van der Waals surface area contributed by atoms with E-state index in [1.165, 1.54) is 25.3 Å². The predicted octanol–water partition coefficient (Wildman–Crippen LogP) is 2.62. The minimum Gasteiger partial charge on any atom is -0.494 e. The Morgan fingerprint density at radius 3 is 2.36 bits per heavy atom. The van der Waals surface area contributed by atoms with Crippen LogP contribution in [0.2, 0.25) is 0 Å². The number of fused-ring (bicyclic) bond motifs is 1. The highest BCUT2D eigenvalue weighted by atomic mass is 19.4. The number of anilines is 2. The smallest absolute Gasteiger partial charge is 0.453 e. The first-order valence-electron chi connectivity index (χ1n) is 8.50. The summed E-state index contributed by atoms with van der Waals surface area (Å²) in [6.07, 6.45) is -4.64. The zero-order valence-corrected chi connectivity index (χ0v) is 14.8. The number of methoxy groups -OCH3 is 1. The van der Waals surface area contributed by atoms with Crippen LogP contribution in [0.15, 0.2) is 30.3 Å². The van der Waals surface area contributed by atoms with E-state index in [1.54, 1.807) is 12.1 Å². The number of alkyl halides is 3. The van der Waals surface area contributed by atoms with Crippen LogP contribution in [0.3, 0.4) is 0 Å². The Morgan fingerprint density at radius 1 is 0.964 bits per heavy atom. The van der Waals surface area contributed by atoms with Gasteiger partial charge in [0, 0.05) is 32.2 Å². The van der Waals surface area contributed by atoms with E-state index in [4.69, 9.17) is 4.74 Å². The van der Waals surface area contributed by atoms with Crippen molar-refractivity contribution >= 4 is 17.2 Å². The van der Waals surface area contributed by atoms with Gasteiger partial charge in [-0.15, -0.1) is 15.3 Å².